The molecule has 0 bridgehead atoms. The van der Waals surface area contributed by atoms with Crippen LogP contribution < -0.4 is 10.1 Å². The summed E-state index contributed by atoms with van der Waals surface area (Å²) in [6.45, 7) is 9.24. The summed E-state index contributed by atoms with van der Waals surface area (Å²) in [5.41, 5.74) is 2.46. The minimum absolute atomic E-state index is 0.798. The first-order valence-corrected chi connectivity index (χ1v) is 7.04. The molecule has 0 saturated heterocycles. The summed E-state index contributed by atoms with van der Waals surface area (Å²) >= 11 is 3.56. The maximum absolute atomic E-state index is 5.75. The third kappa shape index (κ3) is 5.09. The predicted octanol–water partition coefficient (Wildman–Crippen LogP) is 3.83. The number of hydrogen-bond acceptors (Lipinski definition) is 2. The van der Waals surface area contributed by atoms with Gasteiger partial charge in [0.15, 0.2) is 0 Å². The van der Waals surface area contributed by atoms with Crippen LogP contribution in [0.2, 0.25) is 0 Å². The molecule has 3 heteroatoms. The molecule has 0 aromatic heterocycles. The van der Waals surface area contributed by atoms with Gasteiger partial charge in [-0.2, -0.15) is 0 Å². The van der Waals surface area contributed by atoms with Crippen molar-refractivity contribution in [3.63, 3.8) is 0 Å². The fourth-order valence-electron chi connectivity index (χ4n) is 1.71. The van der Waals surface area contributed by atoms with E-state index in [1.54, 1.807) is 0 Å². The molecule has 1 N–H and O–H groups in total. The molecule has 0 radical (unpaired) electrons. The van der Waals surface area contributed by atoms with E-state index in [9.17, 15) is 0 Å². The van der Waals surface area contributed by atoms with Crippen LogP contribution in [-0.2, 0) is 0 Å². The third-order valence-electron chi connectivity index (χ3n) is 2.68. The van der Waals surface area contributed by atoms with Crippen molar-refractivity contribution < 1.29 is 4.74 Å². The molecule has 2 nitrogen and oxygen atoms in total. The lowest BCUT2D eigenvalue weighted by Gasteiger charge is -2.10. The average Bonchev–Trinajstić information content (AvgIpc) is 2.30. The van der Waals surface area contributed by atoms with Crippen LogP contribution in [0.5, 0.6) is 5.75 Å². The first-order valence-electron chi connectivity index (χ1n) is 6.25. The van der Waals surface area contributed by atoms with Crippen LogP contribution >= 0.6 is 15.9 Å². The highest BCUT2D eigenvalue weighted by Gasteiger charge is 2.02. The Balaban J connectivity index is 2.32. The largest absolute Gasteiger partial charge is 0.494 e. The number of aryl methyl sites for hydroxylation is 2. The molecule has 0 fully saturated rings. The van der Waals surface area contributed by atoms with Crippen molar-refractivity contribution in [2.45, 2.75) is 33.6 Å². The van der Waals surface area contributed by atoms with E-state index in [2.05, 4.69) is 54.2 Å². The summed E-state index contributed by atoms with van der Waals surface area (Å²) in [5, 5.41) is 3.31. The van der Waals surface area contributed by atoms with Crippen molar-refractivity contribution in [1.82, 2.24) is 5.32 Å². The normalized spacial score (nSPS) is 10.6. The fourth-order valence-corrected chi connectivity index (χ4v) is 1.94. The number of unbranched alkanes of at least 4 members (excludes halogenated alkanes) is 1. The molecule has 0 aliphatic rings. The molecule has 1 aromatic carbocycles. The van der Waals surface area contributed by atoms with Crippen molar-refractivity contribution in [2.75, 3.05) is 19.7 Å². The molecule has 0 amide bonds. The minimum atomic E-state index is 0.798. The first-order chi connectivity index (χ1) is 8.15. The van der Waals surface area contributed by atoms with Gasteiger partial charge in [0.25, 0.3) is 0 Å². The second kappa shape index (κ2) is 7.72. The van der Waals surface area contributed by atoms with Gasteiger partial charge >= 0.3 is 0 Å². The van der Waals surface area contributed by atoms with Crippen molar-refractivity contribution in [2.24, 2.45) is 0 Å². The van der Waals surface area contributed by atoms with Gasteiger partial charge in [0.05, 0.1) is 6.61 Å². The lowest BCUT2D eigenvalue weighted by Crippen LogP contribution is -2.14. The average molecular weight is 300 g/mol. The highest BCUT2D eigenvalue weighted by atomic mass is 79.9. The van der Waals surface area contributed by atoms with Crippen LogP contribution in [-0.4, -0.2) is 19.7 Å². The Morgan fingerprint density at radius 3 is 2.41 bits per heavy atom. The molecule has 0 heterocycles. The smallest absolute Gasteiger partial charge is 0.119 e. The summed E-state index contributed by atoms with van der Waals surface area (Å²) < 4.78 is 6.93. The van der Waals surface area contributed by atoms with Crippen LogP contribution in [0.3, 0.4) is 0 Å². The molecular formula is C14H22BrNO. The van der Waals surface area contributed by atoms with Crippen molar-refractivity contribution >= 4 is 15.9 Å². The molecule has 17 heavy (non-hydrogen) atoms. The summed E-state index contributed by atoms with van der Waals surface area (Å²) in [6, 6.07) is 4.17. The lowest BCUT2D eigenvalue weighted by atomic mass is 10.1. The summed E-state index contributed by atoms with van der Waals surface area (Å²) in [7, 11) is 0. The van der Waals surface area contributed by atoms with Crippen LogP contribution in [0.15, 0.2) is 16.6 Å². The zero-order valence-corrected chi connectivity index (χ0v) is 12.6. The molecule has 1 rings (SSSR count). The maximum atomic E-state index is 5.75. The Kier molecular flexibility index (Phi) is 6.60. The van der Waals surface area contributed by atoms with E-state index in [-0.39, 0.29) is 0 Å². The quantitative estimate of drug-likeness (QED) is 0.773. The van der Waals surface area contributed by atoms with Gasteiger partial charge < -0.3 is 10.1 Å². The monoisotopic (exact) mass is 299 g/mol. The van der Waals surface area contributed by atoms with Crippen molar-refractivity contribution in [3.05, 3.63) is 27.7 Å². The first kappa shape index (κ1) is 14.5. The second-order valence-electron chi connectivity index (χ2n) is 4.28. The Bertz CT molecular complexity index is 329. The Morgan fingerprint density at radius 2 is 1.82 bits per heavy atom. The van der Waals surface area contributed by atoms with E-state index in [1.807, 2.05) is 0 Å². The molecule has 0 unspecified atom stereocenters. The Morgan fingerprint density at radius 1 is 1.18 bits per heavy atom. The van der Waals surface area contributed by atoms with Crippen molar-refractivity contribution in [1.29, 1.82) is 0 Å². The van der Waals surface area contributed by atoms with Gasteiger partial charge in [-0.15, -0.1) is 0 Å². The molecule has 0 aliphatic carbocycles. The lowest BCUT2D eigenvalue weighted by molar-refractivity contribution is 0.305. The number of rotatable bonds is 7. The second-order valence-corrected chi connectivity index (χ2v) is 5.07. The number of nitrogens with one attached hydrogen (secondary N) is 1. The van der Waals surface area contributed by atoms with Gasteiger partial charge in [-0.25, -0.2) is 0 Å². The van der Waals surface area contributed by atoms with E-state index in [0.717, 1.165) is 31.9 Å². The predicted molar refractivity (Wildman–Crippen MR) is 76.9 cm³/mol. The molecule has 0 aliphatic heterocycles. The van der Waals surface area contributed by atoms with E-state index in [1.165, 1.54) is 22.0 Å². The summed E-state index contributed by atoms with van der Waals surface area (Å²) in [6.07, 6.45) is 2.27. The minimum Gasteiger partial charge on any atom is -0.494 e. The maximum Gasteiger partial charge on any atom is 0.119 e. The Hall–Kier alpha value is -0.540. The molecule has 96 valence electrons. The van der Waals surface area contributed by atoms with E-state index < -0.39 is 0 Å². The molecule has 1 aromatic rings. The van der Waals surface area contributed by atoms with Gasteiger partial charge in [-0.3, -0.25) is 0 Å². The molecule has 0 atom stereocenters. The zero-order valence-electron chi connectivity index (χ0n) is 11.0. The van der Waals surface area contributed by atoms with Crippen LogP contribution in [0.25, 0.3) is 0 Å². The molecule has 0 saturated carbocycles. The highest BCUT2D eigenvalue weighted by Crippen LogP contribution is 2.26. The van der Waals surface area contributed by atoms with Crippen molar-refractivity contribution in [3.8, 4) is 5.75 Å². The van der Waals surface area contributed by atoms with E-state index in [4.69, 9.17) is 4.74 Å². The number of halogens is 1. The third-order valence-corrected chi connectivity index (χ3v) is 3.93. The number of benzene rings is 1. The standard InChI is InChI=1S/C14H22BrNO/c1-4-16-7-5-6-8-17-13-9-11(2)14(15)12(3)10-13/h9-10,16H,4-8H2,1-3H3. The van der Waals surface area contributed by atoms with Gasteiger partial charge in [0.1, 0.15) is 5.75 Å². The number of hydrogen-bond donors (Lipinski definition) is 1. The van der Waals surface area contributed by atoms with Gasteiger partial charge in [-0.05, 0) is 63.0 Å². The van der Waals surface area contributed by atoms with Crippen LogP contribution in [0.1, 0.15) is 30.9 Å². The fraction of sp³-hybridized carbons (Fsp3) is 0.571. The van der Waals surface area contributed by atoms with Crippen LogP contribution in [0, 0.1) is 13.8 Å². The van der Waals surface area contributed by atoms with Crippen LogP contribution in [0.4, 0.5) is 0 Å². The SMILES string of the molecule is CCNCCCCOc1cc(C)c(Br)c(C)c1. The zero-order chi connectivity index (χ0) is 12.7. The highest BCUT2D eigenvalue weighted by molar-refractivity contribution is 9.10. The van der Waals surface area contributed by atoms with E-state index in [0.29, 0.717) is 0 Å². The summed E-state index contributed by atoms with van der Waals surface area (Å²) in [4.78, 5) is 0. The topological polar surface area (TPSA) is 21.3 Å². The molecule has 0 spiro atoms. The molecular weight excluding hydrogens is 278 g/mol. The van der Waals surface area contributed by atoms with Gasteiger partial charge in [-0.1, -0.05) is 22.9 Å². The summed E-state index contributed by atoms with van der Waals surface area (Å²) in [5.74, 6) is 0.978. The van der Waals surface area contributed by atoms with Gasteiger partial charge in [0.2, 0.25) is 0 Å². The van der Waals surface area contributed by atoms with E-state index >= 15 is 0 Å². The van der Waals surface area contributed by atoms with Gasteiger partial charge in [0, 0.05) is 4.47 Å². The Labute approximate surface area is 113 Å². The number of ether oxygens (including phenoxy) is 1.